The molecule has 0 amide bonds. The summed E-state index contributed by atoms with van der Waals surface area (Å²) in [6.45, 7) is 6.62. The largest absolute Gasteiger partial charge is 0.488 e. The predicted octanol–water partition coefficient (Wildman–Crippen LogP) is 22.2. The van der Waals surface area contributed by atoms with E-state index >= 15 is 0 Å². The molecule has 14 aromatic carbocycles. The number of fused-ring (bicyclic) bond motifs is 18. The highest BCUT2D eigenvalue weighted by atomic mass is 79.9. The summed E-state index contributed by atoms with van der Waals surface area (Å²) < 4.78 is 1.08. The van der Waals surface area contributed by atoms with Crippen LogP contribution in [-0.4, -0.2) is 17.2 Å². The van der Waals surface area contributed by atoms with Crippen LogP contribution in [0.3, 0.4) is 0 Å². The maximum Gasteiger partial charge on any atom is 0.488 e. The van der Waals surface area contributed by atoms with E-state index in [1.165, 1.54) is 101 Å². The lowest BCUT2D eigenvalue weighted by molar-refractivity contribution is 0.426. The Balaban J connectivity index is 0.000000136. The zero-order valence-corrected chi connectivity index (χ0v) is 55.9. The van der Waals surface area contributed by atoms with Gasteiger partial charge in [0, 0.05) is 38.6 Å². The Morgan fingerprint density at radius 3 is 1.03 bits per heavy atom. The van der Waals surface area contributed by atoms with Gasteiger partial charge in [-0.15, -0.1) is 0 Å². The molecule has 2 N–H and O–H groups in total. The number of hydrogen-bond donors (Lipinski definition) is 2. The van der Waals surface area contributed by atoms with Gasteiger partial charge in [0.05, 0.1) is 29.0 Å². The van der Waals surface area contributed by atoms with Gasteiger partial charge in [0.1, 0.15) is 0 Å². The smallest absolute Gasteiger partial charge is 0.423 e. The Morgan fingerprint density at radius 1 is 0.330 bits per heavy atom. The summed E-state index contributed by atoms with van der Waals surface area (Å²) in [5.41, 5.74) is 29.8. The summed E-state index contributed by atoms with van der Waals surface area (Å²) in [6, 6.07) is 122. The van der Waals surface area contributed by atoms with Gasteiger partial charge >= 0.3 is 7.12 Å². The van der Waals surface area contributed by atoms with E-state index in [0.717, 1.165) is 49.7 Å². The van der Waals surface area contributed by atoms with Crippen molar-refractivity contribution in [3.05, 3.63) is 428 Å². The monoisotopic (exact) mass is 1340 g/mol. The molecule has 0 bridgehead atoms. The molecule has 472 valence electrons. The van der Waals surface area contributed by atoms with Crippen molar-refractivity contribution in [3.63, 3.8) is 0 Å². The molecule has 0 fully saturated rings. The molecule has 4 aliphatic rings. The van der Waals surface area contributed by atoms with E-state index in [2.05, 4.69) is 364 Å². The fourth-order valence-electron chi connectivity index (χ4n) is 15.5. The number of anilines is 6. The maximum absolute atomic E-state index is 9.45. The van der Waals surface area contributed by atoms with Gasteiger partial charge in [-0.05, 0) is 209 Å². The molecule has 0 atom stereocenters. The Bertz CT molecular complexity index is 5400. The van der Waals surface area contributed by atoms with Crippen LogP contribution in [-0.2, 0) is 10.8 Å². The lowest BCUT2D eigenvalue weighted by Gasteiger charge is -2.36. The Morgan fingerprint density at radius 2 is 0.660 bits per heavy atom. The van der Waals surface area contributed by atoms with Gasteiger partial charge in [-0.25, -0.2) is 4.85 Å². The molecular formula is C92H62BBrN4O2. The van der Waals surface area contributed by atoms with E-state index < -0.39 is 17.9 Å². The molecule has 18 rings (SSSR count). The van der Waals surface area contributed by atoms with E-state index in [0.29, 0.717) is 16.7 Å². The fourth-order valence-corrected chi connectivity index (χ4v) is 15.8. The maximum atomic E-state index is 9.45. The van der Waals surface area contributed by atoms with Crippen LogP contribution in [0.5, 0.6) is 0 Å². The van der Waals surface area contributed by atoms with Crippen LogP contribution in [0.25, 0.3) is 62.5 Å². The quantitative estimate of drug-likeness (QED) is 0.117. The molecule has 2 spiro atoms. The number of hydrogen-bond acceptors (Lipinski definition) is 5. The first-order chi connectivity index (χ1) is 49.2. The van der Waals surface area contributed by atoms with Crippen LogP contribution in [0.1, 0.15) is 72.3 Å². The zero-order chi connectivity index (χ0) is 67.7. The molecule has 0 unspecified atom stereocenters. The number of halogens is 1. The van der Waals surface area contributed by atoms with Crippen LogP contribution in [0, 0.1) is 17.9 Å². The molecule has 8 heteroatoms. The summed E-state index contributed by atoms with van der Waals surface area (Å²) in [4.78, 5) is 7.87. The van der Waals surface area contributed by atoms with Crippen molar-refractivity contribution in [2.75, 3.05) is 9.80 Å². The number of para-hydroxylation sites is 4. The van der Waals surface area contributed by atoms with Crippen molar-refractivity contribution >= 4 is 92.6 Å². The van der Waals surface area contributed by atoms with Crippen LogP contribution in [0.15, 0.2) is 344 Å². The normalized spacial score (nSPS) is 12.8. The second-order valence-electron chi connectivity index (χ2n) is 25.2. The van der Waals surface area contributed by atoms with Gasteiger partial charge < -0.3 is 19.8 Å². The van der Waals surface area contributed by atoms with E-state index in [-0.39, 0.29) is 0 Å². The van der Waals surface area contributed by atoms with E-state index in [4.69, 9.17) is 16.6 Å². The third-order valence-electron chi connectivity index (χ3n) is 19.8. The highest BCUT2D eigenvalue weighted by Crippen LogP contribution is 2.61. The van der Waals surface area contributed by atoms with Crippen molar-refractivity contribution in [2.45, 2.75) is 10.8 Å². The highest BCUT2D eigenvalue weighted by Gasteiger charge is 2.50. The summed E-state index contributed by atoms with van der Waals surface area (Å²) in [7, 11) is -1.45. The van der Waals surface area contributed by atoms with Gasteiger partial charge in [0.2, 0.25) is 0 Å². The number of nitrogens with zero attached hydrogens (tertiary/aromatic N) is 4. The summed E-state index contributed by atoms with van der Waals surface area (Å²) >= 11 is 3.83. The Hall–Kier alpha value is -12.4. The van der Waals surface area contributed by atoms with Crippen LogP contribution in [0.4, 0.5) is 39.8 Å². The molecule has 0 saturated carbocycles. The molecule has 0 aliphatic heterocycles. The topological polar surface area (TPSA) is 75.1 Å². The summed E-state index contributed by atoms with van der Waals surface area (Å²) in [6.07, 6.45) is 9.14. The summed E-state index contributed by atoms with van der Waals surface area (Å²) in [5, 5.41) is 26.8. The number of benzene rings is 14. The van der Waals surface area contributed by atoms with Gasteiger partial charge in [-0.1, -0.05) is 277 Å². The van der Waals surface area contributed by atoms with Gasteiger partial charge in [0.15, 0.2) is 5.69 Å². The number of nitriles is 1. The first kappa shape index (κ1) is 62.4. The van der Waals surface area contributed by atoms with Crippen molar-refractivity contribution < 1.29 is 10.0 Å². The first-order valence-corrected chi connectivity index (χ1v) is 34.2. The Kier molecular flexibility index (Phi) is 16.6. The van der Waals surface area contributed by atoms with Crippen LogP contribution in [0.2, 0.25) is 0 Å². The van der Waals surface area contributed by atoms with E-state index in [9.17, 15) is 5.26 Å². The predicted molar refractivity (Wildman–Crippen MR) is 415 cm³/mol. The van der Waals surface area contributed by atoms with Gasteiger partial charge in [-0.2, -0.15) is 5.26 Å². The average Bonchev–Trinajstić information content (AvgIpc) is 1.53. The lowest BCUT2D eigenvalue weighted by Crippen LogP contribution is -2.30. The SMILES string of the molecule is Brc1ccc2c(c1)C1(c3cc(N(c4ccccc4)c4ccccc4)ccc3C=C2)c2ccccc2-c2ccccc21.N#Cc1ccc(-c2ccc3c(c2)C2(c4cc(N(c5ccccc5)c5ccccc5)ccc4C=C3)c3ccccc3-c3ccccc32)cc1.[C-]#[N+]c1ccc(B(O)O)cc1. The highest BCUT2D eigenvalue weighted by molar-refractivity contribution is 9.10. The van der Waals surface area contributed by atoms with Crippen LogP contribution >= 0.6 is 15.9 Å². The molecular weight excluding hydrogens is 1280 g/mol. The van der Waals surface area contributed by atoms with Crippen LogP contribution < -0.4 is 15.3 Å². The van der Waals surface area contributed by atoms with Crippen molar-refractivity contribution in [1.82, 2.24) is 0 Å². The second kappa shape index (κ2) is 26.6. The molecule has 6 nitrogen and oxygen atoms in total. The molecule has 0 radical (unpaired) electrons. The van der Waals surface area contributed by atoms with E-state index in [1.54, 1.807) is 12.1 Å². The third kappa shape index (κ3) is 10.9. The first-order valence-electron chi connectivity index (χ1n) is 33.4. The average molecular weight is 1350 g/mol. The van der Waals surface area contributed by atoms with Gasteiger partial charge in [0.25, 0.3) is 0 Å². The van der Waals surface area contributed by atoms with Crippen molar-refractivity contribution in [3.8, 4) is 39.4 Å². The van der Waals surface area contributed by atoms with E-state index in [1.807, 2.05) is 12.1 Å². The molecule has 100 heavy (non-hydrogen) atoms. The molecule has 0 heterocycles. The minimum absolute atomic E-state index is 0.400. The van der Waals surface area contributed by atoms with Crippen molar-refractivity contribution in [2.24, 2.45) is 0 Å². The Labute approximate surface area is 592 Å². The molecule has 0 saturated heterocycles. The molecule has 4 aliphatic carbocycles. The second-order valence-corrected chi connectivity index (χ2v) is 26.1. The molecule has 14 aromatic rings. The zero-order valence-electron chi connectivity index (χ0n) is 54.3. The molecule has 0 aromatic heterocycles. The lowest BCUT2D eigenvalue weighted by atomic mass is 9.65. The van der Waals surface area contributed by atoms with Gasteiger partial charge in [-0.3, -0.25) is 0 Å². The third-order valence-corrected chi connectivity index (χ3v) is 20.3. The number of rotatable bonds is 8. The standard InChI is InChI=1S/C46H30N2.C39H26BrN.C7H6BNO2/c47-31-32-19-21-33(22-20-32)36-26-25-34-23-24-35-27-28-39(48(37-11-3-1-4-12-37)38-13-5-2-6-14-38)30-45(35)46(44(34)29-36)42-17-9-7-15-40(42)41-16-8-10-18-43(41)46;40-29-23-21-27-19-20-28-22-24-32(41(30-11-3-1-4-12-30)31-13-5-2-6-14-31)26-38(28)39(37(27)25-29)35-17-9-7-15-33(35)34-16-8-10-18-36(34)39;1-9-7-4-2-6(3-5-7)8(10)11/h1-30H;1-26H;2-5,10-11H. The van der Waals surface area contributed by atoms with Crippen molar-refractivity contribution in [1.29, 1.82) is 5.26 Å². The minimum atomic E-state index is -1.45. The fraction of sp³-hybridized carbons (Fsp3) is 0.0217. The minimum Gasteiger partial charge on any atom is -0.423 e. The summed E-state index contributed by atoms with van der Waals surface area (Å²) in [5.74, 6) is 0.